The molecular formula is C11H19N3O2S. The Balaban J connectivity index is 2.00. The first kappa shape index (κ1) is 11.3. The molecule has 1 aliphatic heterocycles. The number of guanidine groups is 1. The number of aliphatic imine (C=N–C) groups is 1. The summed E-state index contributed by atoms with van der Waals surface area (Å²) in [6.07, 6.45) is 6.22. The van der Waals surface area contributed by atoms with Crippen molar-refractivity contribution >= 4 is 15.8 Å². The summed E-state index contributed by atoms with van der Waals surface area (Å²) in [6, 6.07) is 0.434. The van der Waals surface area contributed by atoms with Gasteiger partial charge in [0.25, 0.3) is 0 Å². The van der Waals surface area contributed by atoms with Gasteiger partial charge in [-0.1, -0.05) is 0 Å². The van der Waals surface area contributed by atoms with Crippen molar-refractivity contribution in [3.63, 3.8) is 0 Å². The molecule has 17 heavy (non-hydrogen) atoms. The molecule has 1 spiro atoms. The molecule has 0 amide bonds. The lowest BCUT2D eigenvalue weighted by Gasteiger charge is -2.40. The summed E-state index contributed by atoms with van der Waals surface area (Å²) in [7, 11) is -3.03. The second kappa shape index (κ2) is 3.37. The molecule has 2 saturated carbocycles. The second-order valence-electron chi connectivity index (χ2n) is 5.59. The molecule has 0 aromatic rings. The minimum Gasteiger partial charge on any atom is -0.370 e. The van der Waals surface area contributed by atoms with Crippen molar-refractivity contribution in [2.45, 2.75) is 48.9 Å². The van der Waals surface area contributed by atoms with Gasteiger partial charge in [0.1, 0.15) is 0 Å². The lowest BCUT2D eigenvalue weighted by atomic mass is 9.96. The Morgan fingerprint density at radius 1 is 1.41 bits per heavy atom. The number of hydrogen-bond donors (Lipinski definition) is 1. The van der Waals surface area contributed by atoms with E-state index in [0.29, 0.717) is 18.5 Å². The summed E-state index contributed by atoms with van der Waals surface area (Å²) in [4.78, 5) is 6.46. The first-order chi connectivity index (χ1) is 7.95. The van der Waals surface area contributed by atoms with E-state index >= 15 is 0 Å². The van der Waals surface area contributed by atoms with E-state index in [0.717, 1.165) is 32.1 Å². The smallest absolute Gasteiger partial charge is 0.192 e. The zero-order valence-corrected chi connectivity index (χ0v) is 10.9. The van der Waals surface area contributed by atoms with Crippen LogP contribution in [0.2, 0.25) is 0 Å². The van der Waals surface area contributed by atoms with Crippen LogP contribution < -0.4 is 5.73 Å². The molecule has 3 rings (SSSR count). The summed E-state index contributed by atoms with van der Waals surface area (Å²) in [6.45, 7) is 0.563. The maximum atomic E-state index is 12.0. The van der Waals surface area contributed by atoms with E-state index in [4.69, 9.17) is 5.73 Å². The number of nitrogens with two attached hydrogens (primary N) is 1. The van der Waals surface area contributed by atoms with Crippen molar-refractivity contribution in [1.82, 2.24) is 4.90 Å². The highest BCUT2D eigenvalue weighted by molar-refractivity contribution is 7.91. The molecule has 2 unspecified atom stereocenters. The predicted octanol–water partition coefficient (Wildman–Crippen LogP) is 0.115. The number of hydrogen-bond acceptors (Lipinski definition) is 5. The quantitative estimate of drug-likeness (QED) is 0.762. The monoisotopic (exact) mass is 257 g/mol. The summed E-state index contributed by atoms with van der Waals surface area (Å²) < 4.78 is 23.9. The minimum absolute atomic E-state index is 0.291. The molecule has 0 radical (unpaired) electrons. The van der Waals surface area contributed by atoms with Gasteiger partial charge in [0.2, 0.25) is 0 Å². The van der Waals surface area contributed by atoms with Crippen molar-refractivity contribution in [2.75, 3.05) is 12.8 Å². The predicted molar refractivity (Wildman–Crippen MR) is 66.6 cm³/mol. The minimum atomic E-state index is -3.03. The highest BCUT2D eigenvalue weighted by atomic mass is 32.2. The van der Waals surface area contributed by atoms with Crippen molar-refractivity contribution in [3.8, 4) is 0 Å². The molecule has 0 aromatic heterocycles. The third kappa shape index (κ3) is 1.57. The lowest BCUT2D eigenvalue weighted by Crippen LogP contribution is -2.58. The van der Waals surface area contributed by atoms with E-state index in [1.807, 2.05) is 0 Å². The van der Waals surface area contributed by atoms with Crippen LogP contribution in [-0.2, 0) is 9.84 Å². The first-order valence-electron chi connectivity index (χ1n) is 6.23. The maximum Gasteiger partial charge on any atom is 0.192 e. The molecular weight excluding hydrogens is 238 g/mol. The van der Waals surface area contributed by atoms with Crippen LogP contribution in [0.25, 0.3) is 0 Å². The average molecular weight is 257 g/mol. The molecule has 0 bridgehead atoms. The average Bonchev–Trinajstić information content (AvgIpc) is 2.86. The summed E-state index contributed by atoms with van der Waals surface area (Å²) in [5.74, 6) is 0.558. The fraction of sp³-hybridized carbons (Fsp3) is 0.909. The van der Waals surface area contributed by atoms with E-state index in [9.17, 15) is 8.42 Å². The molecule has 2 atom stereocenters. The van der Waals surface area contributed by atoms with E-state index < -0.39 is 9.84 Å². The molecule has 3 aliphatic rings. The first-order valence-corrected chi connectivity index (χ1v) is 8.19. The van der Waals surface area contributed by atoms with E-state index in [1.165, 1.54) is 6.26 Å². The van der Waals surface area contributed by atoms with Crippen molar-refractivity contribution in [2.24, 2.45) is 10.7 Å². The van der Waals surface area contributed by atoms with E-state index in [-0.39, 0.29) is 10.8 Å². The Hall–Kier alpha value is -0.780. The maximum absolute atomic E-state index is 12.0. The molecule has 5 nitrogen and oxygen atoms in total. The van der Waals surface area contributed by atoms with E-state index in [2.05, 4.69) is 9.89 Å². The fourth-order valence-electron chi connectivity index (χ4n) is 3.57. The Morgan fingerprint density at radius 3 is 2.71 bits per heavy atom. The van der Waals surface area contributed by atoms with Crippen LogP contribution in [0, 0.1) is 0 Å². The third-order valence-electron chi connectivity index (χ3n) is 4.35. The van der Waals surface area contributed by atoms with Crippen LogP contribution in [0.4, 0.5) is 0 Å². The molecule has 0 aromatic carbocycles. The van der Waals surface area contributed by atoms with Crippen molar-refractivity contribution < 1.29 is 8.42 Å². The third-order valence-corrected chi connectivity index (χ3v) is 6.05. The van der Waals surface area contributed by atoms with Gasteiger partial charge in [-0.25, -0.2) is 8.42 Å². The van der Waals surface area contributed by atoms with Gasteiger partial charge < -0.3 is 10.6 Å². The zero-order chi connectivity index (χ0) is 12.3. The van der Waals surface area contributed by atoms with Crippen LogP contribution >= 0.6 is 0 Å². The summed E-state index contributed by atoms with van der Waals surface area (Å²) in [5.41, 5.74) is 5.64. The molecule has 0 saturated heterocycles. The standard InChI is InChI=1S/C11H19N3O2S/c1-17(15,16)9-3-2-6-11(9)7-13-10(12)14(11)8-4-5-8/h8-9H,2-7H2,1H3,(H2,12,13). The lowest BCUT2D eigenvalue weighted by molar-refractivity contribution is 0.200. The van der Waals surface area contributed by atoms with Crippen LogP contribution in [0.1, 0.15) is 32.1 Å². The van der Waals surface area contributed by atoms with Gasteiger partial charge in [0.15, 0.2) is 15.8 Å². The Bertz CT molecular complexity index is 469. The Kier molecular flexibility index (Phi) is 2.24. The van der Waals surface area contributed by atoms with Crippen molar-refractivity contribution in [1.29, 1.82) is 0 Å². The van der Waals surface area contributed by atoms with Gasteiger partial charge in [-0.3, -0.25) is 4.99 Å². The van der Waals surface area contributed by atoms with Gasteiger partial charge in [0, 0.05) is 12.3 Å². The topological polar surface area (TPSA) is 75.8 Å². The van der Waals surface area contributed by atoms with Gasteiger partial charge >= 0.3 is 0 Å². The van der Waals surface area contributed by atoms with Gasteiger partial charge in [0.05, 0.1) is 17.3 Å². The largest absolute Gasteiger partial charge is 0.370 e. The van der Waals surface area contributed by atoms with Crippen molar-refractivity contribution in [3.05, 3.63) is 0 Å². The van der Waals surface area contributed by atoms with Gasteiger partial charge in [-0.15, -0.1) is 0 Å². The normalized spacial score (nSPS) is 37.8. The molecule has 2 aliphatic carbocycles. The van der Waals surface area contributed by atoms with Crippen LogP contribution in [0.15, 0.2) is 4.99 Å². The molecule has 6 heteroatoms. The van der Waals surface area contributed by atoms with E-state index in [1.54, 1.807) is 0 Å². The fourth-order valence-corrected chi connectivity index (χ4v) is 5.27. The zero-order valence-electron chi connectivity index (χ0n) is 10.1. The molecule has 2 N–H and O–H groups in total. The summed E-state index contributed by atoms with van der Waals surface area (Å²) in [5, 5.41) is -0.291. The van der Waals surface area contributed by atoms with Crippen LogP contribution in [0.5, 0.6) is 0 Å². The second-order valence-corrected chi connectivity index (χ2v) is 7.82. The Labute approximate surface area is 102 Å². The van der Waals surface area contributed by atoms with Crippen LogP contribution in [-0.4, -0.2) is 48.9 Å². The molecule has 96 valence electrons. The SMILES string of the molecule is CS(=O)(=O)C1CCCC12CN=C(N)N2C1CC1. The van der Waals surface area contributed by atoms with Gasteiger partial charge in [-0.2, -0.15) is 0 Å². The highest BCUT2D eigenvalue weighted by Crippen LogP contribution is 2.46. The molecule has 1 heterocycles. The summed E-state index contributed by atoms with van der Waals surface area (Å²) >= 11 is 0. The highest BCUT2D eigenvalue weighted by Gasteiger charge is 2.58. The Morgan fingerprint density at radius 2 is 2.12 bits per heavy atom. The molecule has 2 fully saturated rings. The number of sulfone groups is 1. The number of rotatable bonds is 2. The van der Waals surface area contributed by atoms with Gasteiger partial charge in [-0.05, 0) is 32.1 Å². The number of nitrogens with zero attached hydrogens (tertiary/aromatic N) is 2. The van der Waals surface area contributed by atoms with Crippen LogP contribution in [0.3, 0.4) is 0 Å².